The Balaban J connectivity index is 1.63. The molecule has 0 aliphatic heterocycles. The van der Waals surface area contributed by atoms with E-state index in [0.29, 0.717) is 5.92 Å². The molecule has 4 saturated carbocycles. The molecule has 1 heterocycles. The number of hydrogen-bond donors (Lipinski definition) is 1. The highest BCUT2D eigenvalue weighted by Crippen LogP contribution is 2.58. The molecule has 2 N–H and O–H groups in total. The molecule has 1 aromatic rings. The molecular weight excluding hydrogens is 224 g/mol. The lowest BCUT2D eigenvalue weighted by molar-refractivity contribution is -0.0485. The van der Waals surface area contributed by atoms with Crippen LogP contribution in [0.15, 0.2) is 6.33 Å². The van der Waals surface area contributed by atoms with E-state index in [2.05, 4.69) is 10.2 Å². The summed E-state index contributed by atoms with van der Waals surface area (Å²) in [5.41, 5.74) is 6.54. The second-order valence-electron chi connectivity index (χ2n) is 6.83. The van der Waals surface area contributed by atoms with Gasteiger partial charge in [-0.15, -0.1) is 10.2 Å². The molecule has 1 unspecified atom stereocenters. The molecule has 4 nitrogen and oxygen atoms in total. The quantitative estimate of drug-likeness (QED) is 0.867. The van der Waals surface area contributed by atoms with E-state index in [-0.39, 0.29) is 6.04 Å². The Morgan fingerprint density at radius 2 is 1.78 bits per heavy atom. The lowest BCUT2D eigenvalue weighted by atomic mass is 9.50. The Labute approximate surface area is 108 Å². The highest BCUT2D eigenvalue weighted by molar-refractivity contribution is 5.06. The van der Waals surface area contributed by atoms with E-state index >= 15 is 0 Å². The molecule has 0 radical (unpaired) electrons. The van der Waals surface area contributed by atoms with E-state index in [9.17, 15) is 0 Å². The van der Waals surface area contributed by atoms with Crippen LogP contribution in [0.5, 0.6) is 0 Å². The minimum absolute atomic E-state index is 0.0903. The monoisotopic (exact) mass is 246 g/mol. The molecule has 0 saturated heterocycles. The van der Waals surface area contributed by atoms with Crippen LogP contribution in [0.1, 0.15) is 44.0 Å². The molecule has 0 spiro atoms. The summed E-state index contributed by atoms with van der Waals surface area (Å²) in [6, 6.07) is 0.0903. The maximum Gasteiger partial charge on any atom is 0.149 e. The lowest BCUT2D eigenvalue weighted by Gasteiger charge is -2.55. The number of hydrogen-bond acceptors (Lipinski definition) is 3. The van der Waals surface area contributed by atoms with Gasteiger partial charge in [0.1, 0.15) is 12.2 Å². The normalized spacial score (nSPS) is 43.3. The van der Waals surface area contributed by atoms with Crippen molar-refractivity contribution < 1.29 is 0 Å². The standard InChI is InChI=1S/C14H22N4/c1-18-7-16-17-14(18)13(15)12-10-3-8-2-9(5-10)6-11(12)4-8/h7-13H,2-6,15H2,1H3. The van der Waals surface area contributed by atoms with Crippen LogP contribution in [0.2, 0.25) is 0 Å². The van der Waals surface area contributed by atoms with Gasteiger partial charge in [-0.1, -0.05) is 0 Å². The summed E-state index contributed by atoms with van der Waals surface area (Å²) >= 11 is 0. The number of nitrogens with zero attached hydrogens (tertiary/aromatic N) is 3. The molecular formula is C14H22N4. The first-order valence-corrected chi connectivity index (χ1v) is 7.32. The third kappa shape index (κ3) is 1.48. The lowest BCUT2D eigenvalue weighted by Crippen LogP contribution is -2.49. The molecule has 98 valence electrons. The number of rotatable bonds is 2. The minimum Gasteiger partial charge on any atom is -0.321 e. The third-order valence-corrected chi connectivity index (χ3v) is 5.76. The van der Waals surface area contributed by atoms with Gasteiger partial charge in [0.2, 0.25) is 0 Å². The van der Waals surface area contributed by atoms with E-state index in [1.807, 2.05) is 11.6 Å². The number of nitrogens with two attached hydrogens (primary N) is 1. The Morgan fingerprint density at radius 1 is 1.17 bits per heavy atom. The van der Waals surface area contributed by atoms with Crippen LogP contribution in [0.3, 0.4) is 0 Å². The topological polar surface area (TPSA) is 56.7 Å². The van der Waals surface area contributed by atoms with Gasteiger partial charge >= 0.3 is 0 Å². The molecule has 4 aliphatic carbocycles. The molecule has 1 atom stereocenters. The van der Waals surface area contributed by atoms with Gasteiger partial charge in [0.05, 0.1) is 6.04 Å². The number of aryl methyl sites for hydroxylation is 1. The first kappa shape index (κ1) is 11.0. The van der Waals surface area contributed by atoms with Gasteiger partial charge in [-0.05, 0) is 61.7 Å². The van der Waals surface area contributed by atoms with Gasteiger partial charge < -0.3 is 10.3 Å². The van der Waals surface area contributed by atoms with Crippen molar-refractivity contribution in [1.82, 2.24) is 14.8 Å². The molecule has 4 bridgehead atoms. The summed E-state index contributed by atoms with van der Waals surface area (Å²) in [5, 5.41) is 8.22. The number of aromatic nitrogens is 3. The molecule has 1 aromatic heterocycles. The molecule has 4 aliphatic rings. The Hall–Kier alpha value is -0.900. The van der Waals surface area contributed by atoms with Crippen LogP contribution in [0.25, 0.3) is 0 Å². The SMILES string of the molecule is Cn1cnnc1C(N)C1C2CC3CC(C2)CC1C3. The predicted octanol–water partition coefficient (Wildman–Crippen LogP) is 1.89. The van der Waals surface area contributed by atoms with Crippen LogP contribution in [-0.2, 0) is 7.05 Å². The highest BCUT2D eigenvalue weighted by atomic mass is 15.3. The Morgan fingerprint density at radius 3 is 2.28 bits per heavy atom. The summed E-state index contributed by atoms with van der Waals surface area (Å²) in [7, 11) is 2.01. The first-order chi connectivity index (χ1) is 8.72. The zero-order valence-corrected chi connectivity index (χ0v) is 11.0. The van der Waals surface area contributed by atoms with E-state index in [1.54, 1.807) is 6.33 Å². The first-order valence-electron chi connectivity index (χ1n) is 7.32. The van der Waals surface area contributed by atoms with Crippen LogP contribution < -0.4 is 5.73 Å². The van der Waals surface area contributed by atoms with Gasteiger partial charge in [0.15, 0.2) is 0 Å². The van der Waals surface area contributed by atoms with Crippen molar-refractivity contribution in [3.63, 3.8) is 0 Å². The fraction of sp³-hybridized carbons (Fsp3) is 0.857. The summed E-state index contributed by atoms with van der Waals surface area (Å²) in [4.78, 5) is 0. The van der Waals surface area contributed by atoms with E-state index < -0.39 is 0 Å². The highest BCUT2D eigenvalue weighted by Gasteiger charge is 2.50. The van der Waals surface area contributed by atoms with Gasteiger partial charge in [-0.2, -0.15) is 0 Å². The fourth-order valence-electron chi connectivity index (χ4n) is 5.32. The smallest absolute Gasteiger partial charge is 0.149 e. The van der Waals surface area contributed by atoms with E-state index in [1.165, 1.54) is 32.1 Å². The van der Waals surface area contributed by atoms with Gasteiger partial charge in [-0.25, -0.2) is 0 Å². The van der Waals surface area contributed by atoms with Crippen molar-refractivity contribution in [1.29, 1.82) is 0 Å². The molecule has 18 heavy (non-hydrogen) atoms. The molecule has 4 heteroatoms. The average molecular weight is 246 g/mol. The summed E-state index contributed by atoms with van der Waals surface area (Å²) in [5.74, 6) is 5.36. The zero-order valence-electron chi connectivity index (χ0n) is 11.0. The van der Waals surface area contributed by atoms with Gasteiger partial charge in [-0.3, -0.25) is 0 Å². The second-order valence-corrected chi connectivity index (χ2v) is 6.83. The predicted molar refractivity (Wildman–Crippen MR) is 68.5 cm³/mol. The maximum absolute atomic E-state index is 6.54. The summed E-state index contributed by atoms with van der Waals surface area (Å²) in [6.07, 6.45) is 8.95. The van der Waals surface area contributed by atoms with Crippen LogP contribution in [0.4, 0.5) is 0 Å². The molecule has 5 rings (SSSR count). The van der Waals surface area contributed by atoms with Crippen molar-refractivity contribution in [2.45, 2.75) is 38.1 Å². The van der Waals surface area contributed by atoms with Crippen LogP contribution >= 0.6 is 0 Å². The van der Waals surface area contributed by atoms with Crippen molar-refractivity contribution in [2.24, 2.45) is 42.4 Å². The fourth-order valence-corrected chi connectivity index (χ4v) is 5.32. The van der Waals surface area contributed by atoms with Crippen molar-refractivity contribution in [3.8, 4) is 0 Å². The van der Waals surface area contributed by atoms with Crippen molar-refractivity contribution in [2.75, 3.05) is 0 Å². The second kappa shape index (κ2) is 3.80. The molecule has 0 aromatic carbocycles. The van der Waals surface area contributed by atoms with Crippen molar-refractivity contribution >= 4 is 0 Å². The largest absolute Gasteiger partial charge is 0.321 e. The van der Waals surface area contributed by atoms with Crippen molar-refractivity contribution in [3.05, 3.63) is 12.2 Å². The minimum atomic E-state index is 0.0903. The zero-order chi connectivity index (χ0) is 12.3. The van der Waals surface area contributed by atoms with E-state index in [4.69, 9.17) is 5.73 Å². The summed E-state index contributed by atoms with van der Waals surface area (Å²) < 4.78 is 2.00. The third-order valence-electron chi connectivity index (χ3n) is 5.76. The maximum atomic E-state index is 6.54. The summed E-state index contributed by atoms with van der Waals surface area (Å²) in [6.45, 7) is 0. The Kier molecular flexibility index (Phi) is 2.31. The molecule has 4 fully saturated rings. The van der Waals surface area contributed by atoms with Gasteiger partial charge in [0, 0.05) is 7.05 Å². The molecule has 0 amide bonds. The van der Waals surface area contributed by atoms with Gasteiger partial charge in [0.25, 0.3) is 0 Å². The van der Waals surface area contributed by atoms with Crippen LogP contribution in [-0.4, -0.2) is 14.8 Å². The Bertz CT molecular complexity index is 424. The average Bonchev–Trinajstić information content (AvgIpc) is 2.73. The van der Waals surface area contributed by atoms with Crippen LogP contribution in [0, 0.1) is 29.6 Å². The van der Waals surface area contributed by atoms with E-state index in [0.717, 1.165) is 29.5 Å².